The van der Waals surface area contributed by atoms with E-state index in [9.17, 15) is 0 Å². The number of aromatic nitrogens is 2. The molecular formula is C16H31N3O. The first-order valence-electron chi connectivity index (χ1n) is 8.08. The van der Waals surface area contributed by atoms with Gasteiger partial charge in [0.25, 0.3) is 0 Å². The molecule has 0 aliphatic rings. The highest BCUT2D eigenvalue weighted by Crippen LogP contribution is 2.23. The molecule has 20 heavy (non-hydrogen) atoms. The highest BCUT2D eigenvalue weighted by atomic mass is 16.5. The predicted molar refractivity (Wildman–Crippen MR) is 84.2 cm³/mol. The molecule has 0 aliphatic carbocycles. The minimum Gasteiger partial charge on any atom is -0.382 e. The minimum absolute atomic E-state index is 0.380. The first-order chi connectivity index (χ1) is 9.69. The highest BCUT2D eigenvalue weighted by Gasteiger charge is 2.19. The Morgan fingerprint density at radius 1 is 1.20 bits per heavy atom. The normalized spacial score (nSPS) is 12.8. The van der Waals surface area contributed by atoms with Crippen LogP contribution in [-0.4, -0.2) is 29.5 Å². The van der Waals surface area contributed by atoms with E-state index in [0.29, 0.717) is 6.04 Å². The molecule has 0 aromatic carbocycles. The van der Waals surface area contributed by atoms with Crippen molar-refractivity contribution in [1.82, 2.24) is 15.1 Å². The highest BCUT2D eigenvalue weighted by molar-refractivity contribution is 5.30. The topological polar surface area (TPSA) is 39.1 Å². The van der Waals surface area contributed by atoms with Crippen molar-refractivity contribution < 1.29 is 4.74 Å². The molecule has 1 rings (SSSR count). The van der Waals surface area contributed by atoms with Crippen LogP contribution in [0.15, 0.2) is 0 Å². The third kappa shape index (κ3) is 4.32. The van der Waals surface area contributed by atoms with Gasteiger partial charge in [0.15, 0.2) is 0 Å². The molecule has 1 atom stereocenters. The van der Waals surface area contributed by atoms with Crippen molar-refractivity contribution in [3.8, 4) is 0 Å². The molecular weight excluding hydrogens is 250 g/mol. The molecule has 0 spiro atoms. The average Bonchev–Trinajstić information content (AvgIpc) is 2.81. The lowest BCUT2D eigenvalue weighted by atomic mass is 10.0. The molecule has 0 aliphatic heterocycles. The number of rotatable bonds is 10. The van der Waals surface area contributed by atoms with Gasteiger partial charge in [-0.1, -0.05) is 20.8 Å². The molecule has 1 heterocycles. The van der Waals surface area contributed by atoms with Crippen LogP contribution in [0.5, 0.6) is 0 Å². The van der Waals surface area contributed by atoms with Gasteiger partial charge in [-0.05, 0) is 39.7 Å². The predicted octanol–water partition coefficient (Wildman–Crippen LogP) is 3.11. The van der Waals surface area contributed by atoms with Gasteiger partial charge in [0.1, 0.15) is 0 Å². The average molecular weight is 281 g/mol. The minimum atomic E-state index is 0.380. The zero-order valence-corrected chi connectivity index (χ0v) is 13.8. The van der Waals surface area contributed by atoms with E-state index >= 15 is 0 Å². The van der Waals surface area contributed by atoms with Gasteiger partial charge in [0.05, 0.1) is 5.69 Å². The Hall–Kier alpha value is -0.870. The summed E-state index contributed by atoms with van der Waals surface area (Å²) in [6, 6.07) is 0.380. The molecule has 1 aromatic rings. The van der Waals surface area contributed by atoms with Crippen LogP contribution in [0, 0.1) is 0 Å². The fraction of sp³-hybridized carbons (Fsp3) is 0.812. The lowest BCUT2D eigenvalue weighted by molar-refractivity contribution is 0.140. The second kappa shape index (κ2) is 9.14. The third-order valence-electron chi connectivity index (χ3n) is 3.65. The Balaban J connectivity index is 2.89. The van der Waals surface area contributed by atoms with Crippen LogP contribution in [0.25, 0.3) is 0 Å². The van der Waals surface area contributed by atoms with E-state index in [0.717, 1.165) is 45.6 Å². The van der Waals surface area contributed by atoms with Crippen LogP contribution in [0.2, 0.25) is 0 Å². The smallest absolute Gasteiger partial charge is 0.0672 e. The van der Waals surface area contributed by atoms with Crippen molar-refractivity contribution in [3.05, 3.63) is 17.0 Å². The molecule has 0 fully saturated rings. The summed E-state index contributed by atoms with van der Waals surface area (Å²) >= 11 is 0. The van der Waals surface area contributed by atoms with E-state index < -0.39 is 0 Å². The Morgan fingerprint density at radius 2 is 1.95 bits per heavy atom. The summed E-state index contributed by atoms with van der Waals surface area (Å²) in [5.74, 6) is 0. The molecule has 0 amide bonds. The van der Waals surface area contributed by atoms with Crippen molar-refractivity contribution in [1.29, 1.82) is 0 Å². The molecule has 1 N–H and O–H groups in total. The monoisotopic (exact) mass is 281 g/mol. The Kier molecular flexibility index (Phi) is 7.85. The second-order valence-electron chi connectivity index (χ2n) is 5.07. The van der Waals surface area contributed by atoms with Crippen LogP contribution >= 0.6 is 0 Å². The molecule has 4 heteroatoms. The van der Waals surface area contributed by atoms with E-state index in [-0.39, 0.29) is 0 Å². The Bertz CT molecular complexity index is 387. The number of hydrogen-bond acceptors (Lipinski definition) is 3. The fourth-order valence-corrected chi connectivity index (χ4v) is 2.75. The maximum atomic E-state index is 5.42. The van der Waals surface area contributed by atoms with Crippen molar-refractivity contribution in [2.45, 2.75) is 66.5 Å². The molecule has 0 saturated heterocycles. The Morgan fingerprint density at radius 3 is 2.50 bits per heavy atom. The molecule has 4 nitrogen and oxygen atoms in total. The van der Waals surface area contributed by atoms with E-state index in [1.807, 2.05) is 6.92 Å². The van der Waals surface area contributed by atoms with Crippen LogP contribution < -0.4 is 5.32 Å². The lowest BCUT2D eigenvalue weighted by Crippen LogP contribution is -2.20. The van der Waals surface area contributed by atoms with Gasteiger partial charge in [-0.3, -0.25) is 4.68 Å². The summed E-state index contributed by atoms with van der Waals surface area (Å²) in [7, 11) is 0. The quantitative estimate of drug-likeness (QED) is 0.670. The first-order valence-corrected chi connectivity index (χ1v) is 8.08. The number of nitrogens with one attached hydrogen (secondary N) is 1. The second-order valence-corrected chi connectivity index (χ2v) is 5.07. The number of ether oxygens (including phenoxy) is 1. The van der Waals surface area contributed by atoms with Gasteiger partial charge in [0, 0.05) is 37.1 Å². The summed E-state index contributed by atoms with van der Waals surface area (Å²) in [5, 5.41) is 8.34. The van der Waals surface area contributed by atoms with Gasteiger partial charge in [-0.15, -0.1) is 0 Å². The summed E-state index contributed by atoms with van der Waals surface area (Å²) in [5.41, 5.74) is 4.03. The van der Waals surface area contributed by atoms with Crippen LogP contribution in [0.4, 0.5) is 0 Å². The molecule has 0 radical (unpaired) electrons. The maximum absolute atomic E-state index is 5.42. The van der Waals surface area contributed by atoms with Crippen LogP contribution in [-0.2, 0) is 24.1 Å². The van der Waals surface area contributed by atoms with Gasteiger partial charge in [-0.25, -0.2) is 0 Å². The fourth-order valence-electron chi connectivity index (χ4n) is 2.75. The summed E-state index contributed by atoms with van der Waals surface area (Å²) in [6.45, 7) is 14.4. The van der Waals surface area contributed by atoms with Crippen LogP contribution in [0.3, 0.4) is 0 Å². The summed E-state index contributed by atoms with van der Waals surface area (Å²) in [4.78, 5) is 0. The number of hydrogen-bond donors (Lipinski definition) is 1. The number of aryl methyl sites for hydroxylation is 2. The zero-order valence-electron chi connectivity index (χ0n) is 13.8. The maximum Gasteiger partial charge on any atom is 0.0672 e. The third-order valence-corrected chi connectivity index (χ3v) is 3.65. The van der Waals surface area contributed by atoms with Gasteiger partial charge in [0.2, 0.25) is 0 Å². The summed E-state index contributed by atoms with van der Waals surface area (Å²) in [6.07, 6.45) is 3.06. The summed E-state index contributed by atoms with van der Waals surface area (Å²) < 4.78 is 7.62. The van der Waals surface area contributed by atoms with Gasteiger partial charge < -0.3 is 10.1 Å². The van der Waals surface area contributed by atoms with Crippen molar-refractivity contribution >= 4 is 0 Å². The zero-order chi connectivity index (χ0) is 15.0. The molecule has 0 bridgehead atoms. The van der Waals surface area contributed by atoms with E-state index in [2.05, 4.69) is 37.7 Å². The Labute approximate surface area is 123 Å². The standard InChI is InChI=1S/C16H31N3O/c1-6-14-16(13(5)17-8-3)15(7-2)19(18-14)11-10-12-20-9-4/h13,17H,6-12H2,1-5H3. The van der Waals surface area contributed by atoms with Crippen LogP contribution in [0.1, 0.15) is 64.0 Å². The molecule has 1 aromatic heterocycles. The molecule has 1 unspecified atom stereocenters. The van der Waals surface area contributed by atoms with Crippen molar-refractivity contribution in [3.63, 3.8) is 0 Å². The van der Waals surface area contributed by atoms with Gasteiger partial charge >= 0.3 is 0 Å². The van der Waals surface area contributed by atoms with Crippen molar-refractivity contribution in [2.75, 3.05) is 19.8 Å². The lowest BCUT2D eigenvalue weighted by Gasteiger charge is -2.15. The SMILES string of the molecule is CCNC(C)c1c(CC)nn(CCCOCC)c1CC. The van der Waals surface area contributed by atoms with E-state index in [1.165, 1.54) is 17.0 Å². The molecule has 0 saturated carbocycles. The van der Waals surface area contributed by atoms with E-state index in [4.69, 9.17) is 9.84 Å². The largest absolute Gasteiger partial charge is 0.382 e. The van der Waals surface area contributed by atoms with Gasteiger partial charge in [-0.2, -0.15) is 5.10 Å². The molecule has 116 valence electrons. The van der Waals surface area contributed by atoms with E-state index in [1.54, 1.807) is 0 Å². The number of nitrogens with zero attached hydrogens (tertiary/aromatic N) is 2. The first kappa shape index (κ1) is 17.2. The van der Waals surface area contributed by atoms with Crippen molar-refractivity contribution in [2.24, 2.45) is 0 Å².